The topological polar surface area (TPSA) is 71.2 Å². The molecule has 0 aliphatic carbocycles. The van der Waals surface area contributed by atoms with Gasteiger partial charge in [-0.25, -0.2) is 0 Å². The first-order valence-corrected chi connectivity index (χ1v) is 8.95. The predicted octanol–water partition coefficient (Wildman–Crippen LogP) is 3.04. The van der Waals surface area contributed by atoms with Crippen LogP contribution in [0.15, 0.2) is 30.5 Å². The number of benzene rings is 1. The Kier molecular flexibility index (Phi) is 4.38. The van der Waals surface area contributed by atoms with E-state index in [4.69, 9.17) is 11.6 Å². The SMILES string of the molecule is Cc1cc(Cl)cc(O)c1-c1cc2ccn(CCN3CCC(=O)C3)c2nn1. The molecule has 2 aromatic heterocycles. The van der Waals surface area contributed by atoms with E-state index in [9.17, 15) is 9.90 Å². The molecule has 1 N–H and O–H groups in total. The van der Waals surface area contributed by atoms with Crippen molar-refractivity contribution < 1.29 is 9.90 Å². The molecular formula is C19H19ClN4O2. The van der Waals surface area contributed by atoms with E-state index >= 15 is 0 Å². The molecule has 4 rings (SSSR count). The summed E-state index contributed by atoms with van der Waals surface area (Å²) in [5.74, 6) is 0.409. The van der Waals surface area contributed by atoms with Gasteiger partial charge in [0, 0.05) is 48.2 Å². The van der Waals surface area contributed by atoms with Crippen molar-refractivity contribution in [3.05, 3.63) is 41.0 Å². The first kappa shape index (κ1) is 17.0. The molecule has 0 amide bonds. The monoisotopic (exact) mass is 370 g/mol. The number of likely N-dealkylation sites (tertiary alicyclic amines) is 1. The van der Waals surface area contributed by atoms with Crippen molar-refractivity contribution in [2.45, 2.75) is 19.9 Å². The number of nitrogens with zero attached hydrogens (tertiary/aromatic N) is 4. The molecule has 134 valence electrons. The quantitative estimate of drug-likeness (QED) is 0.764. The number of carbonyl (C=O) groups is 1. The van der Waals surface area contributed by atoms with Crippen LogP contribution in [-0.2, 0) is 11.3 Å². The average molecular weight is 371 g/mol. The molecule has 1 aromatic carbocycles. The maximum absolute atomic E-state index is 11.4. The van der Waals surface area contributed by atoms with Gasteiger partial charge in [0.1, 0.15) is 11.5 Å². The molecular weight excluding hydrogens is 352 g/mol. The highest BCUT2D eigenvalue weighted by molar-refractivity contribution is 6.31. The molecule has 1 aliphatic heterocycles. The molecule has 0 bridgehead atoms. The van der Waals surface area contributed by atoms with Crippen molar-refractivity contribution in [2.24, 2.45) is 0 Å². The molecule has 26 heavy (non-hydrogen) atoms. The van der Waals surface area contributed by atoms with Crippen LogP contribution in [0.3, 0.4) is 0 Å². The number of phenolic OH excluding ortho intramolecular Hbond substituents is 1. The van der Waals surface area contributed by atoms with Gasteiger partial charge in [-0.3, -0.25) is 9.69 Å². The Morgan fingerprint density at radius 3 is 2.81 bits per heavy atom. The Bertz CT molecular complexity index is 975. The van der Waals surface area contributed by atoms with E-state index in [2.05, 4.69) is 15.1 Å². The number of fused-ring (bicyclic) bond motifs is 1. The number of phenols is 1. The van der Waals surface area contributed by atoms with Gasteiger partial charge < -0.3 is 9.67 Å². The number of rotatable bonds is 4. The lowest BCUT2D eigenvalue weighted by molar-refractivity contribution is -0.116. The third-order valence-electron chi connectivity index (χ3n) is 4.81. The molecule has 6 nitrogen and oxygen atoms in total. The van der Waals surface area contributed by atoms with Crippen molar-refractivity contribution in [2.75, 3.05) is 19.6 Å². The molecule has 0 unspecified atom stereocenters. The lowest BCUT2D eigenvalue weighted by Crippen LogP contribution is -2.25. The van der Waals surface area contributed by atoms with Crippen LogP contribution in [0.1, 0.15) is 12.0 Å². The van der Waals surface area contributed by atoms with Crippen molar-refractivity contribution in [1.82, 2.24) is 19.7 Å². The summed E-state index contributed by atoms with van der Waals surface area (Å²) in [7, 11) is 0. The minimum Gasteiger partial charge on any atom is -0.507 e. The lowest BCUT2D eigenvalue weighted by Gasteiger charge is -2.14. The standard InChI is InChI=1S/C19H19ClN4O2/c1-12-8-14(20)10-17(26)18(12)16-9-13-2-5-24(19(13)22-21-16)7-6-23-4-3-15(25)11-23/h2,5,8-10,26H,3-4,6-7,11H2,1H3. The fourth-order valence-electron chi connectivity index (χ4n) is 3.48. The van der Waals surface area contributed by atoms with E-state index in [1.54, 1.807) is 6.07 Å². The number of aromatic nitrogens is 3. The molecule has 0 saturated carbocycles. The van der Waals surface area contributed by atoms with Crippen LogP contribution >= 0.6 is 11.6 Å². The van der Waals surface area contributed by atoms with Gasteiger partial charge in [-0.05, 0) is 36.8 Å². The van der Waals surface area contributed by atoms with Gasteiger partial charge in [-0.15, -0.1) is 10.2 Å². The first-order valence-electron chi connectivity index (χ1n) is 8.57. The fraction of sp³-hybridized carbons (Fsp3) is 0.316. The molecule has 7 heteroatoms. The van der Waals surface area contributed by atoms with Crippen LogP contribution in [0.2, 0.25) is 5.02 Å². The Balaban J connectivity index is 1.60. The van der Waals surface area contributed by atoms with Gasteiger partial charge in [-0.2, -0.15) is 0 Å². The van der Waals surface area contributed by atoms with Crippen molar-refractivity contribution in [1.29, 1.82) is 0 Å². The fourth-order valence-corrected chi connectivity index (χ4v) is 3.75. The predicted molar refractivity (Wildman–Crippen MR) is 100 cm³/mol. The lowest BCUT2D eigenvalue weighted by atomic mass is 10.0. The van der Waals surface area contributed by atoms with Crippen LogP contribution in [-0.4, -0.2) is 50.2 Å². The number of aromatic hydroxyl groups is 1. The summed E-state index contributed by atoms with van der Waals surface area (Å²) in [6.07, 6.45) is 2.63. The normalized spacial score (nSPS) is 15.2. The zero-order chi connectivity index (χ0) is 18.3. The van der Waals surface area contributed by atoms with Crippen molar-refractivity contribution in [3.8, 4) is 17.0 Å². The third kappa shape index (κ3) is 3.18. The molecule has 1 saturated heterocycles. The summed E-state index contributed by atoms with van der Waals surface area (Å²) in [6, 6.07) is 7.22. The van der Waals surface area contributed by atoms with Crippen LogP contribution in [0.5, 0.6) is 5.75 Å². The van der Waals surface area contributed by atoms with Gasteiger partial charge in [-0.1, -0.05) is 11.6 Å². The number of halogens is 1. The minimum absolute atomic E-state index is 0.0989. The van der Waals surface area contributed by atoms with E-state index in [1.165, 1.54) is 6.07 Å². The Morgan fingerprint density at radius 1 is 1.23 bits per heavy atom. The molecule has 0 spiro atoms. The zero-order valence-electron chi connectivity index (χ0n) is 14.4. The van der Waals surface area contributed by atoms with Crippen molar-refractivity contribution in [3.63, 3.8) is 0 Å². The highest BCUT2D eigenvalue weighted by Gasteiger charge is 2.19. The number of aryl methyl sites for hydroxylation is 1. The van der Waals surface area contributed by atoms with Crippen LogP contribution in [0, 0.1) is 6.92 Å². The summed E-state index contributed by atoms with van der Waals surface area (Å²) < 4.78 is 2.05. The van der Waals surface area contributed by atoms with Crippen LogP contribution in [0.25, 0.3) is 22.3 Å². The first-order chi connectivity index (χ1) is 12.5. The molecule has 3 heterocycles. The summed E-state index contributed by atoms with van der Waals surface area (Å²) in [6.45, 7) is 4.84. The second-order valence-electron chi connectivity index (χ2n) is 6.70. The number of hydrogen-bond donors (Lipinski definition) is 1. The van der Waals surface area contributed by atoms with Crippen LogP contribution < -0.4 is 0 Å². The average Bonchev–Trinajstić information content (AvgIpc) is 3.17. The zero-order valence-corrected chi connectivity index (χ0v) is 15.2. The van der Waals surface area contributed by atoms with E-state index in [0.717, 1.165) is 36.2 Å². The number of ketones is 1. The Morgan fingerprint density at radius 2 is 2.08 bits per heavy atom. The van der Waals surface area contributed by atoms with E-state index in [-0.39, 0.29) is 5.75 Å². The molecule has 3 aromatic rings. The molecule has 1 aliphatic rings. The maximum Gasteiger partial charge on any atom is 0.162 e. The third-order valence-corrected chi connectivity index (χ3v) is 5.03. The van der Waals surface area contributed by atoms with Crippen molar-refractivity contribution >= 4 is 28.4 Å². The Labute approximate surface area is 156 Å². The summed E-state index contributed by atoms with van der Waals surface area (Å²) >= 11 is 5.98. The highest BCUT2D eigenvalue weighted by atomic mass is 35.5. The van der Waals surface area contributed by atoms with Crippen LogP contribution in [0.4, 0.5) is 0 Å². The molecule has 0 radical (unpaired) electrons. The second kappa shape index (κ2) is 6.70. The largest absolute Gasteiger partial charge is 0.507 e. The second-order valence-corrected chi connectivity index (χ2v) is 7.14. The summed E-state index contributed by atoms with van der Waals surface area (Å²) in [5.41, 5.74) is 2.91. The van der Waals surface area contributed by atoms with Gasteiger partial charge >= 0.3 is 0 Å². The van der Waals surface area contributed by atoms with E-state index in [0.29, 0.717) is 35.0 Å². The van der Waals surface area contributed by atoms with Gasteiger partial charge in [0.25, 0.3) is 0 Å². The number of carbonyl (C=O) groups excluding carboxylic acids is 1. The number of Topliss-reactive ketones (excluding diaryl/α,β-unsaturated/α-hetero) is 1. The number of hydrogen-bond acceptors (Lipinski definition) is 5. The summed E-state index contributed by atoms with van der Waals surface area (Å²) in [5, 5.41) is 20.4. The van der Waals surface area contributed by atoms with Gasteiger partial charge in [0.05, 0.1) is 12.2 Å². The van der Waals surface area contributed by atoms with E-state index in [1.807, 2.05) is 29.8 Å². The minimum atomic E-state index is 0.0989. The maximum atomic E-state index is 11.4. The summed E-state index contributed by atoms with van der Waals surface area (Å²) in [4.78, 5) is 13.5. The molecule has 0 atom stereocenters. The highest BCUT2D eigenvalue weighted by Crippen LogP contribution is 2.34. The van der Waals surface area contributed by atoms with Gasteiger partial charge in [0.2, 0.25) is 0 Å². The van der Waals surface area contributed by atoms with Gasteiger partial charge in [0.15, 0.2) is 5.65 Å². The van der Waals surface area contributed by atoms with E-state index < -0.39 is 0 Å². The molecule has 1 fully saturated rings. The Hall–Kier alpha value is -2.44. The smallest absolute Gasteiger partial charge is 0.162 e.